The van der Waals surface area contributed by atoms with Crippen LogP contribution in [0.15, 0.2) is 55.0 Å². The molecule has 4 aromatic rings. The monoisotopic (exact) mass is 422 g/mol. The molecule has 2 aliphatic heterocycles. The maximum Gasteiger partial charge on any atom is 0.185 e. The Bertz CT molecular complexity index is 1340. The van der Waals surface area contributed by atoms with Gasteiger partial charge >= 0.3 is 0 Å². The first-order valence-electron chi connectivity index (χ1n) is 10.8. The molecular weight excluding hydrogens is 400 g/mol. The van der Waals surface area contributed by atoms with Crippen LogP contribution in [0.5, 0.6) is 0 Å². The summed E-state index contributed by atoms with van der Waals surface area (Å²) >= 11 is 0. The third-order valence-corrected chi connectivity index (χ3v) is 6.48. The SMILES string of the molecule is N#Cc1ccc(-c2cc3n(c2)Cc2nc(N4CC[C@H](CN)C4)ccc2-n2cnnc2-3)cc1. The van der Waals surface area contributed by atoms with Gasteiger partial charge in [0, 0.05) is 24.8 Å². The van der Waals surface area contributed by atoms with Crippen molar-refractivity contribution in [2.45, 2.75) is 13.0 Å². The van der Waals surface area contributed by atoms with E-state index < -0.39 is 0 Å². The number of benzene rings is 1. The topological polar surface area (TPSA) is 102 Å². The van der Waals surface area contributed by atoms with Gasteiger partial charge in [0.2, 0.25) is 0 Å². The Labute approximate surface area is 185 Å². The van der Waals surface area contributed by atoms with E-state index in [1.165, 1.54) is 0 Å². The van der Waals surface area contributed by atoms with Crippen LogP contribution in [0.2, 0.25) is 0 Å². The first-order valence-corrected chi connectivity index (χ1v) is 10.8. The summed E-state index contributed by atoms with van der Waals surface area (Å²) < 4.78 is 4.20. The van der Waals surface area contributed by atoms with Crippen LogP contribution in [-0.2, 0) is 6.54 Å². The van der Waals surface area contributed by atoms with Crippen molar-refractivity contribution < 1.29 is 0 Å². The van der Waals surface area contributed by atoms with Crippen LogP contribution in [0.1, 0.15) is 17.7 Å². The molecule has 0 amide bonds. The molecule has 8 nitrogen and oxygen atoms in total. The Hall–Kier alpha value is -3.96. The summed E-state index contributed by atoms with van der Waals surface area (Å²) in [5, 5.41) is 17.7. The summed E-state index contributed by atoms with van der Waals surface area (Å²) in [5.41, 5.74) is 11.6. The molecule has 32 heavy (non-hydrogen) atoms. The van der Waals surface area contributed by atoms with E-state index in [1.54, 1.807) is 6.33 Å². The summed E-state index contributed by atoms with van der Waals surface area (Å²) in [6, 6.07) is 16.1. The number of hydrogen-bond donors (Lipinski definition) is 1. The minimum atomic E-state index is 0.533. The van der Waals surface area contributed by atoms with E-state index in [2.05, 4.69) is 50.1 Å². The molecule has 5 heterocycles. The van der Waals surface area contributed by atoms with Gasteiger partial charge in [0.1, 0.15) is 12.1 Å². The highest BCUT2D eigenvalue weighted by Gasteiger charge is 2.26. The molecule has 8 heteroatoms. The van der Waals surface area contributed by atoms with Crippen LogP contribution in [0, 0.1) is 17.2 Å². The number of rotatable bonds is 3. The summed E-state index contributed by atoms with van der Waals surface area (Å²) in [5.74, 6) is 2.32. The highest BCUT2D eigenvalue weighted by atomic mass is 15.3. The van der Waals surface area contributed by atoms with Gasteiger partial charge in [-0.05, 0) is 54.8 Å². The first kappa shape index (κ1) is 18.8. The van der Waals surface area contributed by atoms with Crippen molar-refractivity contribution in [3.05, 3.63) is 66.2 Å². The molecule has 1 fully saturated rings. The van der Waals surface area contributed by atoms with Crippen molar-refractivity contribution in [2.75, 3.05) is 24.5 Å². The molecule has 2 N–H and O–H groups in total. The Balaban J connectivity index is 1.42. The van der Waals surface area contributed by atoms with E-state index in [1.807, 2.05) is 28.8 Å². The minimum absolute atomic E-state index is 0.533. The Kier molecular flexibility index (Phi) is 4.30. The predicted octanol–water partition coefficient (Wildman–Crippen LogP) is 2.82. The largest absolute Gasteiger partial charge is 0.356 e. The molecule has 0 spiro atoms. The quantitative estimate of drug-likeness (QED) is 0.480. The van der Waals surface area contributed by atoms with Crippen LogP contribution in [0.4, 0.5) is 5.82 Å². The van der Waals surface area contributed by atoms with Crippen molar-refractivity contribution in [3.8, 4) is 34.4 Å². The zero-order chi connectivity index (χ0) is 21.7. The van der Waals surface area contributed by atoms with Gasteiger partial charge in [-0.25, -0.2) is 4.98 Å². The Morgan fingerprint density at radius 1 is 1.12 bits per heavy atom. The van der Waals surface area contributed by atoms with Crippen LogP contribution in [0.3, 0.4) is 0 Å². The average Bonchev–Trinajstić information content (AvgIpc) is 3.57. The van der Waals surface area contributed by atoms with E-state index in [0.29, 0.717) is 18.0 Å². The fourth-order valence-electron chi connectivity index (χ4n) is 4.70. The second kappa shape index (κ2) is 7.32. The van der Waals surface area contributed by atoms with Gasteiger partial charge in [0.15, 0.2) is 5.82 Å². The van der Waals surface area contributed by atoms with Crippen molar-refractivity contribution in [2.24, 2.45) is 11.7 Å². The molecule has 158 valence electrons. The molecule has 3 aromatic heterocycles. The molecule has 0 unspecified atom stereocenters. The molecular formula is C24H22N8. The predicted molar refractivity (Wildman–Crippen MR) is 121 cm³/mol. The van der Waals surface area contributed by atoms with Gasteiger partial charge in [-0.2, -0.15) is 5.26 Å². The van der Waals surface area contributed by atoms with Crippen LogP contribution in [-0.4, -0.2) is 43.9 Å². The normalized spacial score (nSPS) is 16.8. The van der Waals surface area contributed by atoms with E-state index in [0.717, 1.165) is 65.9 Å². The fraction of sp³-hybridized carbons (Fsp3) is 0.250. The van der Waals surface area contributed by atoms with Gasteiger partial charge in [-0.15, -0.1) is 10.2 Å². The molecule has 1 atom stereocenters. The zero-order valence-corrected chi connectivity index (χ0v) is 17.5. The maximum atomic E-state index is 9.08. The Morgan fingerprint density at radius 2 is 2.00 bits per heavy atom. The van der Waals surface area contributed by atoms with Crippen LogP contribution in [0.25, 0.3) is 28.3 Å². The number of nitriles is 1. The molecule has 1 aromatic carbocycles. The fourth-order valence-corrected chi connectivity index (χ4v) is 4.70. The van der Waals surface area contributed by atoms with Gasteiger partial charge < -0.3 is 15.2 Å². The highest BCUT2D eigenvalue weighted by molar-refractivity contribution is 5.71. The van der Waals surface area contributed by atoms with Crippen LogP contribution < -0.4 is 10.6 Å². The first-order chi connectivity index (χ1) is 15.7. The van der Waals surface area contributed by atoms with Crippen LogP contribution >= 0.6 is 0 Å². The van der Waals surface area contributed by atoms with Gasteiger partial charge in [0.05, 0.1) is 35.3 Å². The number of nitrogens with zero attached hydrogens (tertiary/aromatic N) is 7. The van der Waals surface area contributed by atoms with Gasteiger partial charge in [-0.1, -0.05) is 12.1 Å². The number of aromatic nitrogens is 5. The second-order valence-corrected chi connectivity index (χ2v) is 8.43. The number of anilines is 1. The molecule has 0 saturated carbocycles. The number of nitrogens with two attached hydrogens (primary N) is 1. The Morgan fingerprint density at radius 3 is 2.78 bits per heavy atom. The van der Waals surface area contributed by atoms with Crippen molar-refractivity contribution in [1.82, 2.24) is 24.3 Å². The molecule has 0 aliphatic carbocycles. The summed E-state index contributed by atoms with van der Waals surface area (Å²) in [6.45, 7) is 3.31. The molecule has 1 saturated heterocycles. The molecule has 0 radical (unpaired) electrons. The lowest BCUT2D eigenvalue weighted by molar-refractivity contribution is 0.602. The third-order valence-electron chi connectivity index (χ3n) is 6.48. The van der Waals surface area contributed by atoms with Crippen molar-refractivity contribution >= 4 is 5.82 Å². The van der Waals surface area contributed by atoms with E-state index in [9.17, 15) is 0 Å². The summed E-state index contributed by atoms with van der Waals surface area (Å²) in [4.78, 5) is 7.39. The van der Waals surface area contributed by atoms with E-state index in [-0.39, 0.29) is 0 Å². The average molecular weight is 422 g/mol. The molecule has 0 bridgehead atoms. The smallest absolute Gasteiger partial charge is 0.185 e. The highest BCUT2D eigenvalue weighted by Crippen LogP contribution is 2.34. The van der Waals surface area contributed by atoms with Gasteiger partial charge in [0.25, 0.3) is 0 Å². The lowest BCUT2D eigenvalue weighted by Crippen LogP contribution is -2.24. The van der Waals surface area contributed by atoms with E-state index in [4.69, 9.17) is 16.0 Å². The minimum Gasteiger partial charge on any atom is -0.356 e. The van der Waals surface area contributed by atoms with Gasteiger partial charge in [-0.3, -0.25) is 4.57 Å². The van der Waals surface area contributed by atoms with Crippen molar-refractivity contribution in [1.29, 1.82) is 5.26 Å². The van der Waals surface area contributed by atoms with Crippen molar-refractivity contribution in [3.63, 3.8) is 0 Å². The second-order valence-electron chi connectivity index (χ2n) is 8.43. The zero-order valence-electron chi connectivity index (χ0n) is 17.5. The maximum absolute atomic E-state index is 9.08. The lowest BCUT2D eigenvalue weighted by atomic mass is 10.1. The number of fused-ring (bicyclic) bond motifs is 5. The lowest BCUT2D eigenvalue weighted by Gasteiger charge is -2.19. The number of pyridine rings is 1. The standard InChI is InChI=1S/C24H22N8/c25-10-16-1-3-18(4-2-16)19-9-22-24-29-27-15-32(24)21-5-6-23(28-20(21)14-31(22)13-19)30-8-7-17(11-26)12-30/h1-6,9,13,15,17H,7-8,11-12,14,26H2/t17-/m1/s1. The molecule has 6 rings (SSSR count). The number of hydrogen-bond acceptors (Lipinski definition) is 6. The van der Waals surface area contributed by atoms with E-state index >= 15 is 0 Å². The summed E-state index contributed by atoms with van der Waals surface area (Å²) in [7, 11) is 0. The molecule has 2 aliphatic rings. The summed E-state index contributed by atoms with van der Waals surface area (Å²) in [6.07, 6.45) is 4.99. The third kappa shape index (κ3) is 2.98.